The van der Waals surface area contributed by atoms with Crippen LogP contribution in [0.3, 0.4) is 0 Å². The molecule has 2 amide bonds. The molecule has 0 aliphatic carbocycles. The highest BCUT2D eigenvalue weighted by atomic mass is 19.1. The number of piperidine rings is 1. The van der Waals surface area contributed by atoms with Gasteiger partial charge in [0.15, 0.2) is 14.1 Å². The Kier molecular flexibility index (Phi) is 9.52. The van der Waals surface area contributed by atoms with Crippen LogP contribution in [0.25, 0.3) is 0 Å². The summed E-state index contributed by atoms with van der Waals surface area (Å²) in [6, 6.07) is 3.98. The molecule has 0 bridgehead atoms. The number of benzene rings is 2. The lowest BCUT2D eigenvalue weighted by Gasteiger charge is -2.60. The van der Waals surface area contributed by atoms with Gasteiger partial charge in [0.25, 0.3) is 11.8 Å². The largest absolute Gasteiger partial charge is 0.375 e. The van der Waals surface area contributed by atoms with Crippen molar-refractivity contribution in [1.82, 2.24) is 15.1 Å². The first kappa shape index (κ1) is 38.4. The third-order valence-corrected chi connectivity index (χ3v) is 8.56. The molecule has 2 heterocycles. The summed E-state index contributed by atoms with van der Waals surface area (Å²) in [5.41, 5.74) is -5.68. The topological polar surface area (TPSA) is 314 Å². The van der Waals surface area contributed by atoms with E-state index in [1.807, 2.05) is 0 Å². The number of aldehydes is 1. The summed E-state index contributed by atoms with van der Waals surface area (Å²) < 4.78 is 20.3. The van der Waals surface area contributed by atoms with Crippen LogP contribution in [0.4, 0.5) is 10.1 Å². The molecular weight excluding hydrogens is 660 g/mol. The van der Waals surface area contributed by atoms with E-state index < -0.39 is 85.9 Å². The molecule has 2 aliphatic heterocycles. The van der Waals surface area contributed by atoms with Gasteiger partial charge in [-0.3, -0.25) is 19.7 Å². The quantitative estimate of drug-likeness (QED) is 0.0502. The lowest BCUT2D eigenvalue weighted by Crippen LogP contribution is -2.87. The van der Waals surface area contributed by atoms with Crippen LogP contribution >= 0.6 is 0 Å². The standard InChI is InChI=1S/C26H34B3FN4O15/c1-33(16-7-8-17(36)31-19(16)37)22(41,42)18-11(10-35)3-2-4-15(18)32-20(27,38)13-6-5-12(9-14(13)30)21(39,40)34-24(43,44)23(28,29)49-26(47,48)25(34,45)46/h2-6,9-10,16,32,38-48H,7-8,27-29H2,1H3,(H,31,36,37). The molecule has 2 aromatic carbocycles. The number of ether oxygens (including phenoxy) is 1. The second-order valence-corrected chi connectivity index (χ2v) is 12.5. The van der Waals surface area contributed by atoms with Gasteiger partial charge in [-0.2, -0.15) is 0 Å². The van der Waals surface area contributed by atoms with E-state index in [0.717, 1.165) is 41.6 Å². The number of amides is 2. The minimum absolute atomic E-state index is 0.122. The molecule has 2 aromatic rings. The summed E-state index contributed by atoms with van der Waals surface area (Å²) in [4.78, 5) is 36.0. The molecule has 0 aromatic heterocycles. The van der Waals surface area contributed by atoms with E-state index in [2.05, 4.69) is 15.4 Å². The van der Waals surface area contributed by atoms with Gasteiger partial charge in [0, 0.05) is 28.8 Å². The van der Waals surface area contributed by atoms with Gasteiger partial charge >= 0.3 is 11.9 Å². The SMILES string of the molecule is BC(O)(Nc1cccc(C=O)c1C(O)(O)N(C)C1CCC(=O)NC1=O)c1ccc(C(O)(O)N2C(O)(O)C(B)(B)OC(O)(O)C2(O)O)cc1F. The molecule has 0 radical (unpaired) electrons. The number of nitrogens with zero attached hydrogens (tertiary/aromatic N) is 2. The molecule has 0 saturated carbocycles. The van der Waals surface area contributed by atoms with Crippen molar-refractivity contribution in [3.8, 4) is 0 Å². The smallest absolute Gasteiger partial charge is 0.351 e. The number of rotatable bonds is 9. The van der Waals surface area contributed by atoms with E-state index in [9.17, 15) is 70.6 Å². The second-order valence-electron chi connectivity index (χ2n) is 12.5. The molecule has 4 rings (SSSR count). The number of likely N-dealkylation sites (N-methyl/N-ethyl adjacent to an activating group) is 1. The molecule has 2 aliphatic rings. The molecule has 49 heavy (non-hydrogen) atoms. The predicted molar refractivity (Wildman–Crippen MR) is 165 cm³/mol. The molecule has 23 heteroatoms. The monoisotopic (exact) mass is 694 g/mol. The Morgan fingerprint density at radius 2 is 1.65 bits per heavy atom. The number of anilines is 1. The van der Waals surface area contributed by atoms with E-state index in [-0.39, 0.29) is 30.4 Å². The van der Waals surface area contributed by atoms with Crippen LogP contribution < -0.4 is 10.6 Å². The molecule has 2 saturated heterocycles. The molecule has 19 nitrogen and oxygen atoms in total. The number of nitrogens with one attached hydrogen (secondary N) is 2. The summed E-state index contributed by atoms with van der Waals surface area (Å²) in [7, 11) is 3.67. The minimum Gasteiger partial charge on any atom is -0.375 e. The molecule has 2 unspecified atom stereocenters. The first-order chi connectivity index (χ1) is 22.2. The van der Waals surface area contributed by atoms with Crippen LogP contribution in [0, 0.1) is 5.82 Å². The average Bonchev–Trinajstić information content (AvgIpc) is 2.94. The van der Waals surface area contributed by atoms with Crippen molar-refractivity contribution in [2.24, 2.45) is 0 Å². The highest BCUT2D eigenvalue weighted by Gasteiger charge is 2.75. The van der Waals surface area contributed by atoms with Crippen LogP contribution in [-0.4, -0.2) is 144 Å². The Bertz CT molecular complexity index is 1650. The summed E-state index contributed by atoms with van der Waals surface area (Å²) in [6.07, 6.45) is -0.0236. The van der Waals surface area contributed by atoms with Crippen molar-refractivity contribution < 1.29 is 79.7 Å². The summed E-state index contributed by atoms with van der Waals surface area (Å²) in [5.74, 6) is -22.4. The zero-order valence-corrected chi connectivity index (χ0v) is 26.4. The highest BCUT2D eigenvalue weighted by molar-refractivity contribution is 6.40. The Morgan fingerprint density at radius 1 is 1.04 bits per heavy atom. The van der Waals surface area contributed by atoms with Crippen LogP contribution in [0.15, 0.2) is 36.4 Å². The Hall–Kier alpha value is -3.39. The first-order valence-electron chi connectivity index (χ1n) is 14.4. The van der Waals surface area contributed by atoms with Gasteiger partial charge in [0.2, 0.25) is 17.7 Å². The predicted octanol–water partition coefficient (Wildman–Crippen LogP) is -8.42. The third-order valence-electron chi connectivity index (χ3n) is 8.56. The first-order valence-corrected chi connectivity index (χ1v) is 14.4. The van der Waals surface area contributed by atoms with Gasteiger partial charge in [0.1, 0.15) is 27.1 Å². The number of halogens is 1. The van der Waals surface area contributed by atoms with Gasteiger partial charge < -0.3 is 66.2 Å². The normalized spacial score (nSPS) is 23.4. The lowest BCUT2D eigenvalue weighted by molar-refractivity contribution is -0.615. The third kappa shape index (κ3) is 6.28. The zero-order valence-electron chi connectivity index (χ0n) is 26.4. The number of carbonyl (C=O) groups is 3. The highest BCUT2D eigenvalue weighted by Crippen LogP contribution is 2.47. The van der Waals surface area contributed by atoms with Crippen molar-refractivity contribution in [3.63, 3.8) is 0 Å². The Morgan fingerprint density at radius 3 is 2.20 bits per heavy atom. The van der Waals surface area contributed by atoms with E-state index in [1.165, 1.54) is 12.1 Å². The summed E-state index contributed by atoms with van der Waals surface area (Å²) >= 11 is 0. The molecular formula is C26H34B3FN4O15. The Balaban J connectivity index is 1.74. The van der Waals surface area contributed by atoms with Crippen LogP contribution in [0.2, 0.25) is 0 Å². The fourth-order valence-electron chi connectivity index (χ4n) is 5.73. The molecule has 264 valence electrons. The molecule has 2 fully saturated rings. The Labute approximate surface area is 278 Å². The van der Waals surface area contributed by atoms with Crippen molar-refractivity contribution in [2.75, 3.05) is 12.4 Å². The van der Waals surface area contributed by atoms with E-state index in [0.29, 0.717) is 18.2 Å². The maximum atomic E-state index is 15.7. The van der Waals surface area contributed by atoms with Crippen molar-refractivity contribution in [1.29, 1.82) is 0 Å². The number of aliphatic hydroxyl groups is 11. The number of carbonyl (C=O) groups excluding carboxylic acids is 3. The van der Waals surface area contributed by atoms with Crippen molar-refractivity contribution in [2.45, 2.75) is 59.5 Å². The lowest BCUT2D eigenvalue weighted by atomic mass is 9.60. The molecule has 2 atom stereocenters. The number of imide groups is 1. The van der Waals surface area contributed by atoms with Crippen LogP contribution in [0.1, 0.15) is 39.9 Å². The molecule has 0 spiro atoms. The van der Waals surface area contributed by atoms with Gasteiger partial charge in [-0.05, 0) is 25.6 Å². The van der Waals surface area contributed by atoms with Crippen LogP contribution in [-0.2, 0) is 31.8 Å². The van der Waals surface area contributed by atoms with E-state index in [1.54, 1.807) is 0 Å². The van der Waals surface area contributed by atoms with Gasteiger partial charge in [-0.25, -0.2) is 9.29 Å². The zero-order chi connectivity index (χ0) is 37.3. The fraction of sp³-hybridized carbons (Fsp3) is 0.423. The maximum absolute atomic E-state index is 15.7. The number of hydrogen-bond donors (Lipinski definition) is 13. The van der Waals surface area contributed by atoms with Gasteiger partial charge in [-0.15, -0.1) is 4.90 Å². The number of morpholine rings is 1. The fourth-order valence-corrected chi connectivity index (χ4v) is 5.73. The van der Waals surface area contributed by atoms with Crippen molar-refractivity contribution in [3.05, 3.63) is 64.5 Å². The second kappa shape index (κ2) is 12.1. The van der Waals surface area contributed by atoms with Crippen LogP contribution in [0.5, 0.6) is 0 Å². The molecule has 13 N–H and O–H groups in total. The van der Waals surface area contributed by atoms with Gasteiger partial charge in [0.05, 0.1) is 17.0 Å². The van der Waals surface area contributed by atoms with Crippen molar-refractivity contribution >= 4 is 47.3 Å². The van der Waals surface area contributed by atoms with Gasteiger partial charge in [-0.1, -0.05) is 24.3 Å². The average molecular weight is 694 g/mol. The van der Waals surface area contributed by atoms with E-state index in [4.69, 9.17) is 0 Å². The maximum Gasteiger partial charge on any atom is 0.351 e. The minimum atomic E-state index is -4.39. The summed E-state index contributed by atoms with van der Waals surface area (Å²) in [5, 5.41) is 120. The number of hydrogen-bond acceptors (Lipinski definition) is 18. The van der Waals surface area contributed by atoms with E-state index >= 15 is 4.39 Å². The summed E-state index contributed by atoms with van der Waals surface area (Å²) in [6.45, 7) is 0.